The Labute approximate surface area is 157 Å². The monoisotopic (exact) mass is 372 g/mol. The van der Waals surface area contributed by atoms with Gasteiger partial charge in [-0.3, -0.25) is 4.79 Å². The number of hydrogen-bond donors (Lipinski definition) is 4. The largest absolute Gasteiger partial charge is 0.445 e. The number of ketones is 1. The average molecular weight is 372 g/mol. The second-order valence-electron chi connectivity index (χ2n) is 6.19. The lowest BCUT2D eigenvalue weighted by Crippen LogP contribution is -2.29. The molecular weight excluding hydrogens is 348 g/mol. The van der Waals surface area contributed by atoms with Crippen molar-refractivity contribution in [1.82, 2.24) is 5.32 Å². The molecule has 0 saturated heterocycles. The summed E-state index contributed by atoms with van der Waals surface area (Å²) in [5.41, 5.74) is 7.58. The van der Waals surface area contributed by atoms with Crippen molar-refractivity contribution in [2.75, 3.05) is 12.3 Å². The molecule has 27 heavy (non-hydrogen) atoms. The predicted molar refractivity (Wildman–Crippen MR) is 101 cm³/mol. The van der Waals surface area contributed by atoms with Gasteiger partial charge in [0.1, 0.15) is 12.7 Å². The first-order valence-electron chi connectivity index (χ1n) is 8.59. The van der Waals surface area contributed by atoms with E-state index in [0.717, 1.165) is 5.56 Å². The molecule has 2 aromatic carbocycles. The smallest absolute Gasteiger partial charge is 0.407 e. The molecule has 0 bridgehead atoms. The van der Waals surface area contributed by atoms with Crippen LogP contribution in [0.2, 0.25) is 0 Å². The van der Waals surface area contributed by atoms with Gasteiger partial charge in [-0.2, -0.15) is 0 Å². The zero-order valence-electron chi connectivity index (χ0n) is 15.1. The summed E-state index contributed by atoms with van der Waals surface area (Å²) in [5, 5.41) is 22.9. The van der Waals surface area contributed by atoms with Crippen LogP contribution in [0, 0.1) is 0 Å². The van der Waals surface area contributed by atoms with Crippen LogP contribution in [0.15, 0.2) is 48.5 Å². The van der Waals surface area contributed by atoms with E-state index in [9.17, 15) is 19.8 Å². The molecule has 2 atom stereocenters. The molecule has 0 saturated carbocycles. The van der Waals surface area contributed by atoms with Crippen molar-refractivity contribution < 1.29 is 24.5 Å². The Kier molecular flexibility index (Phi) is 7.34. The van der Waals surface area contributed by atoms with Gasteiger partial charge in [0.2, 0.25) is 0 Å². The number of benzene rings is 2. The summed E-state index contributed by atoms with van der Waals surface area (Å²) in [5.74, 6) is -0.223. The summed E-state index contributed by atoms with van der Waals surface area (Å²) in [6.07, 6.45) is -2.82. The molecule has 5 N–H and O–H groups in total. The van der Waals surface area contributed by atoms with Crippen molar-refractivity contribution in [2.45, 2.75) is 32.2 Å². The van der Waals surface area contributed by atoms with Gasteiger partial charge < -0.3 is 26.0 Å². The summed E-state index contributed by atoms with van der Waals surface area (Å²) in [6.45, 7) is 1.65. The van der Waals surface area contributed by atoms with Crippen LogP contribution in [0.5, 0.6) is 0 Å². The molecule has 1 amide bonds. The molecule has 0 spiro atoms. The first-order chi connectivity index (χ1) is 12.9. The number of nitrogens with two attached hydrogens (primary N) is 1. The third-order valence-electron chi connectivity index (χ3n) is 4.08. The summed E-state index contributed by atoms with van der Waals surface area (Å²) < 4.78 is 5.06. The van der Waals surface area contributed by atoms with Crippen LogP contribution in [-0.4, -0.2) is 34.7 Å². The van der Waals surface area contributed by atoms with Crippen molar-refractivity contribution in [2.24, 2.45) is 0 Å². The van der Waals surface area contributed by atoms with E-state index in [1.165, 1.54) is 19.1 Å². The normalized spacial score (nSPS) is 12.9. The number of aliphatic hydroxyl groups excluding tert-OH is 2. The van der Waals surface area contributed by atoms with Crippen molar-refractivity contribution in [3.63, 3.8) is 0 Å². The summed E-state index contributed by atoms with van der Waals surface area (Å²) in [4.78, 5) is 23.2. The van der Waals surface area contributed by atoms with Gasteiger partial charge in [0, 0.05) is 17.8 Å². The molecule has 2 unspecified atom stereocenters. The number of alkyl carbamates (subject to hydrolysis) is 1. The Bertz CT molecular complexity index is 779. The lowest BCUT2D eigenvalue weighted by molar-refractivity contribution is 0.0136. The Morgan fingerprint density at radius 2 is 1.85 bits per heavy atom. The fraction of sp³-hybridized carbons (Fsp3) is 0.300. The number of carbonyl (C=O) groups excluding carboxylic acids is 2. The van der Waals surface area contributed by atoms with E-state index in [0.29, 0.717) is 16.8 Å². The van der Waals surface area contributed by atoms with E-state index in [2.05, 4.69) is 5.32 Å². The van der Waals surface area contributed by atoms with Crippen molar-refractivity contribution >= 4 is 17.6 Å². The SMILES string of the molecule is CC(=O)c1cc(C(O)C(O)CCNC(=O)OCc2ccccc2)ccc1N. The van der Waals surface area contributed by atoms with Gasteiger partial charge in [-0.25, -0.2) is 4.79 Å². The van der Waals surface area contributed by atoms with E-state index in [1.54, 1.807) is 6.07 Å². The molecule has 2 aromatic rings. The van der Waals surface area contributed by atoms with Crippen LogP contribution in [-0.2, 0) is 11.3 Å². The highest BCUT2D eigenvalue weighted by molar-refractivity contribution is 5.99. The molecule has 2 rings (SSSR count). The minimum absolute atomic E-state index is 0.112. The van der Waals surface area contributed by atoms with Crippen molar-refractivity contribution in [1.29, 1.82) is 0 Å². The Morgan fingerprint density at radius 3 is 2.52 bits per heavy atom. The maximum atomic E-state index is 11.7. The molecular formula is C20H24N2O5. The number of carbonyl (C=O) groups is 2. The molecule has 0 heterocycles. The number of ether oxygens (including phenoxy) is 1. The molecule has 144 valence electrons. The van der Waals surface area contributed by atoms with Crippen LogP contribution in [0.3, 0.4) is 0 Å². The van der Waals surface area contributed by atoms with Crippen LogP contribution in [0.25, 0.3) is 0 Å². The van der Waals surface area contributed by atoms with Gasteiger partial charge in [-0.15, -0.1) is 0 Å². The molecule has 7 heteroatoms. The minimum atomic E-state index is -1.20. The minimum Gasteiger partial charge on any atom is -0.445 e. The quantitative estimate of drug-likeness (QED) is 0.416. The second-order valence-corrected chi connectivity index (χ2v) is 6.19. The third-order valence-corrected chi connectivity index (χ3v) is 4.08. The molecule has 0 aromatic heterocycles. The van der Waals surface area contributed by atoms with Crippen molar-refractivity contribution in [3.05, 3.63) is 65.2 Å². The van der Waals surface area contributed by atoms with E-state index in [-0.39, 0.29) is 25.4 Å². The fourth-order valence-corrected chi connectivity index (χ4v) is 2.54. The highest BCUT2D eigenvalue weighted by Gasteiger charge is 2.20. The number of aliphatic hydroxyl groups is 2. The van der Waals surface area contributed by atoms with E-state index < -0.39 is 18.3 Å². The molecule has 0 aliphatic heterocycles. The van der Waals surface area contributed by atoms with E-state index in [1.807, 2.05) is 30.3 Å². The number of hydrogen-bond acceptors (Lipinski definition) is 6. The standard InChI is InChI=1S/C20H24N2O5/c1-13(23)16-11-15(7-8-17(16)21)19(25)18(24)9-10-22-20(26)27-12-14-5-3-2-4-6-14/h2-8,11,18-19,24-25H,9-10,12,21H2,1H3,(H,22,26). The lowest BCUT2D eigenvalue weighted by atomic mass is 9.98. The van der Waals surface area contributed by atoms with Crippen LogP contribution >= 0.6 is 0 Å². The van der Waals surface area contributed by atoms with Gasteiger partial charge in [0.25, 0.3) is 0 Å². The van der Waals surface area contributed by atoms with Crippen molar-refractivity contribution in [3.8, 4) is 0 Å². The lowest BCUT2D eigenvalue weighted by Gasteiger charge is -2.19. The molecule has 0 aliphatic carbocycles. The number of amides is 1. The average Bonchev–Trinajstić information content (AvgIpc) is 2.66. The second kappa shape index (κ2) is 9.70. The van der Waals surface area contributed by atoms with Gasteiger partial charge in [0.05, 0.1) is 6.10 Å². The molecule has 7 nitrogen and oxygen atoms in total. The Hall–Kier alpha value is -2.90. The third kappa shape index (κ3) is 6.09. The molecule has 0 radical (unpaired) electrons. The zero-order chi connectivity index (χ0) is 19.8. The van der Waals surface area contributed by atoms with E-state index >= 15 is 0 Å². The fourth-order valence-electron chi connectivity index (χ4n) is 2.54. The first-order valence-corrected chi connectivity index (χ1v) is 8.59. The van der Waals surface area contributed by atoms with Crippen LogP contribution in [0.4, 0.5) is 10.5 Å². The van der Waals surface area contributed by atoms with E-state index in [4.69, 9.17) is 10.5 Å². The number of nitrogen functional groups attached to an aromatic ring is 1. The number of nitrogens with one attached hydrogen (secondary N) is 1. The number of rotatable bonds is 8. The maximum Gasteiger partial charge on any atom is 0.407 e. The number of anilines is 1. The zero-order valence-corrected chi connectivity index (χ0v) is 15.1. The topological polar surface area (TPSA) is 122 Å². The Morgan fingerprint density at radius 1 is 1.15 bits per heavy atom. The van der Waals surface area contributed by atoms with Crippen LogP contribution < -0.4 is 11.1 Å². The summed E-state index contributed by atoms with van der Waals surface area (Å²) in [6, 6.07) is 13.8. The highest BCUT2D eigenvalue weighted by atomic mass is 16.5. The van der Waals surface area contributed by atoms with Crippen LogP contribution in [0.1, 0.15) is 40.9 Å². The van der Waals surface area contributed by atoms with Gasteiger partial charge in [0.15, 0.2) is 5.78 Å². The predicted octanol–water partition coefficient (Wildman–Crippen LogP) is 2.18. The summed E-state index contributed by atoms with van der Waals surface area (Å²) >= 11 is 0. The number of Topliss-reactive ketones (excluding diaryl/α,β-unsaturated/α-hetero) is 1. The first kappa shape index (κ1) is 20.4. The highest BCUT2D eigenvalue weighted by Crippen LogP contribution is 2.23. The summed E-state index contributed by atoms with van der Waals surface area (Å²) in [7, 11) is 0. The molecule has 0 aliphatic rings. The van der Waals surface area contributed by atoms with Gasteiger partial charge in [-0.1, -0.05) is 36.4 Å². The molecule has 0 fully saturated rings. The van der Waals surface area contributed by atoms with Gasteiger partial charge >= 0.3 is 6.09 Å². The van der Waals surface area contributed by atoms with Gasteiger partial charge in [-0.05, 0) is 36.6 Å². The maximum absolute atomic E-state index is 11.7. The Balaban J connectivity index is 1.79.